The summed E-state index contributed by atoms with van der Waals surface area (Å²) in [6.45, 7) is 10.8. The Morgan fingerprint density at radius 3 is 1.51 bits per heavy atom. The first kappa shape index (κ1) is 54.5. The van der Waals surface area contributed by atoms with E-state index < -0.39 is 5.97 Å². The SMILES string of the molecule is C=CC(=O)OCCCCCCOC1CCC(C(=O)Oc2ccc3c(c2)cc(Oc2ccc(OCCOCCOC)cc2)c2cc(OC(=O)C4CCC(OCCCCCCOC(=O)C=C)CC4)ccc23)CC1. The van der Waals surface area contributed by atoms with Crippen molar-refractivity contribution in [3.05, 3.63) is 92.0 Å². The van der Waals surface area contributed by atoms with E-state index >= 15 is 0 Å². The van der Waals surface area contributed by atoms with E-state index in [1.807, 2.05) is 66.7 Å². The predicted octanol–water partition coefficient (Wildman–Crippen LogP) is 11.4. The average Bonchev–Trinajstić information content (AvgIpc) is 3.39. The molecule has 0 heterocycles. The van der Waals surface area contributed by atoms with Crippen LogP contribution in [0, 0.1) is 11.8 Å². The Labute approximate surface area is 418 Å². The van der Waals surface area contributed by atoms with Gasteiger partial charge in [0.05, 0.1) is 57.1 Å². The van der Waals surface area contributed by atoms with E-state index in [0.29, 0.717) is 107 Å². The van der Waals surface area contributed by atoms with Crippen LogP contribution in [0.15, 0.2) is 92.0 Å². The van der Waals surface area contributed by atoms with Crippen molar-refractivity contribution in [2.75, 3.05) is 60.0 Å². The quantitative estimate of drug-likeness (QED) is 0.0154. The van der Waals surface area contributed by atoms with Crippen molar-refractivity contribution >= 4 is 45.4 Å². The summed E-state index contributed by atoms with van der Waals surface area (Å²) in [4.78, 5) is 49.4. The fourth-order valence-corrected chi connectivity index (χ4v) is 8.90. The van der Waals surface area contributed by atoms with Crippen molar-refractivity contribution in [3.63, 3.8) is 0 Å². The van der Waals surface area contributed by atoms with Gasteiger partial charge in [-0.1, -0.05) is 32.1 Å². The molecule has 0 radical (unpaired) electrons. The maximum atomic E-state index is 13.6. The van der Waals surface area contributed by atoms with Crippen molar-refractivity contribution < 1.29 is 66.5 Å². The number of methoxy groups -OCH3 is 1. The zero-order valence-corrected chi connectivity index (χ0v) is 41.4. The summed E-state index contributed by atoms with van der Waals surface area (Å²) < 4.78 is 57.4. The second-order valence-electron chi connectivity index (χ2n) is 18.1. The van der Waals surface area contributed by atoms with Gasteiger partial charge in [0.25, 0.3) is 0 Å². The van der Waals surface area contributed by atoms with Crippen LogP contribution in [0.4, 0.5) is 0 Å². The maximum Gasteiger partial charge on any atom is 0.330 e. The zero-order chi connectivity index (χ0) is 50.0. The first-order chi connectivity index (χ1) is 34.7. The summed E-state index contributed by atoms with van der Waals surface area (Å²) in [6.07, 6.45) is 16.0. The van der Waals surface area contributed by atoms with E-state index in [0.717, 1.165) is 98.6 Å². The highest BCUT2D eigenvalue weighted by Crippen LogP contribution is 2.40. The predicted molar refractivity (Wildman–Crippen MR) is 270 cm³/mol. The second kappa shape index (κ2) is 30.2. The van der Waals surface area contributed by atoms with Crippen LogP contribution < -0.4 is 18.9 Å². The minimum atomic E-state index is -0.391. The van der Waals surface area contributed by atoms with Gasteiger partial charge in [0.2, 0.25) is 0 Å². The van der Waals surface area contributed by atoms with Crippen molar-refractivity contribution in [2.24, 2.45) is 11.8 Å². The van der Waals surface area contributed by atoms with Gasteiger partial charge < -0.3 is 47.4 Å². The van der Waals surface area contributed by atoms with Crippen LogP contribution >= 0.6 is 0 Å². The molecule has 0 amide bonds. The third kappa shape index (κ3) is 18.4. The van der Waals surface area contributed by atoms with Gasteiger partial charge in [0.1, 0.15) is 35.4 Å². The van der Waals surface area contributed by atoms with Crippen LogP contribution in [-0.4, -0.2) is 96.1 Å². The highest BCUT2D eigenvalue weighted by atomic mass is 16.6. The third-order valence-corrected chi connectivity index (χ3v) is 12.9. The number of benzene rings is 4. The molecule has 0 unspecified atom stereocenters. The Bertz CT molecular complexity index is 2310. The lowest BCUT2D eigenvalue weighted by Gasteiger charge is -2.27. The average molecular weight is 981 g/mol. The Morgan fingerprint density at radius 1 is 0.493 bits per heavy atom. The summed E-state index contributed by atoms with van der Waals surface area (Å²) in [7, 11) is 1.63. The number of carbonyl (C=O) groups is 4. The molecule has 4 aromatic rings. The van der Waals surface area contributed by atoms with Gasteiger partial charge in [-0.2, -0.15) is 0 Å². The first-order valence-electron chi connectivity index (χ1n) is 25.5. The minimum Gasteiger partial charge on any atom is -0.491 e. The van der Waals surface area contributed by atoms with E-state index in [1.54, 1.807) is 7.11 Å². The van der Waals surface area contributed by atoms with Crippen molar-refractivity contribution in [3.8, 4) is 28.7 Å². The number of ether oxygens (including phenoxy) is 10. The summed E-state index contributed by atoms with van der Waals surface area (Å²) in [5.74, 6) is 0.927. The molecule has 0 aromatic heterocycles. The van der Waals surface area contributed by atoms with Gasteiger partial charge >= 0.3 is 23.9 Å². The maximum absolute atomic E-state index is 13.6. The molecule has 6 rings (SSSR count). The second-order valence-corrected chi connectivity index (χ2v) is 18.1. The fourth-order valence-electron chi connectivity index (χ4n) is 8.90. The molecule has 0 atom stereocenters. The van der Waals surface area contributed by atoms with Gasteiger partial charge in [-0.15, -0.1) is 0 Å². The van der Waals surface area contributed by atoms with E-state index in [4.69, 9.17) is 47.4 Å². The molecule has 14 nitrogen and oxygen atoms in total. The molecule has 0 spiro atoms. The zero-order valence-electron chi connectivity index (χ0n) is 41.4. The molecule has 2 aliphatic rings. The molecular formula is C57H72O14. The van der Waals surface area contributed by atoms with Gasteiger partial charge in [0.15, 0.2) is 0 Å². The lowest BCUT2D eigenvalue weighted by Crippen LogP contribution is -2.29. The van der Waals surface area contributed by atoms with Crippen molar-refractivity contribution in [1.82, 2.24) is 0 Å². The van der Waals surface area contributed by atoms with E-state index in [9.17, 15) is 19.2 Å². The largest absolute Gasteiger partial charge is 0.491 e. The molecule has 0 N–H and O–H groups in total. The Balaban J connectivity index is 1.05. The standard InChI is InChI=1S/C57H72O14/c1-4-54(58)67-32-12-8-6-10-30-64-44-18-14-41(15-19-44)56(60)70-48-26-28-50-43(38-48)39-53(69-47-24-22-46(23-25-47)66-37-36-63-35-34-62-3)52-40-49(27-29-51(50)52)71-57(61)42-16-20-45(21-17-42)65-31-11-7-9-13-33-68-55(59)5-2/h4-5,22-29,38-42,44-45H,1-2,6-21,30-37H2,3H3. The van der Waals surface area contributed by atoms with E-state index in [-0.39, 0.29) is 42.0 Å². The lowest BCUT2D eigenvalue weighted by molar-refractivity contribution is -0.142. The van der Waals surface area contributed by atoms with Crippen LogP contribution in [-0.2, 0) is 47.6 Å². The number of hydrogen-bond acceptors (Lipinski definition) is 14. The fraction of sp³-hybridized carbons (Fsp3) is 0.509. The topological polar surface area (TPSA) is 161 Å². The highest BCUT2D eigenvalue weighted by molar-refractivity contribution is 6.11. The molecule has 0 aliphatic heterocycles. The first-order valence-corrected chi connectivity index (χ1v) is 25.5. The van der Waals surface area contributed by atoms with Crippen LogP contribution in [0.1, 0.15) is 103 Å². The summed E-state index contributed by atoms with van der Waals surface area (Å²) in [5, 5.41) is 3.37. The van der Waals surface area contributed by atoms with Crippen molar-refractivity contribution in [1.29, 1.82) is 0 Å². The Kier molecular flexibility index (Phi) is 23.2. The Hall–Kier alpha value is -5.80. The summed E-state index contributed by atoms with van der Waals surface area (Å²) in [6, 6.07) is 20.5. The summed E-state index contributed by atoms with van der Waals surface area (Å²) >= 11 is 0. The van der Waals surface area contributed by atoms with Crippen LogP contribution in [0.2, 0.25) is 0 Å². The smallest absolute Gasteiger partial charge is 0.330 e. The molecule has 2 fully saturated rings. The number of unbranched alkanes of at least 4 members (excludes halogenated alkanes) is 6. The summed E-state index contributed by atoms with van der Waals surface area (Å²) in [5.41, 5.74) is 0. The Morgan fingerprint density at radius 2 is 0.972 bits per heavy atom. The molecule has 0 saturated heterocycles. The minimum absolute atomic E-state index is 0.119. The monoisotopic (exact) mass is 980 g/mol. The molecule has 0 bridgehead atoms. The van der Waals surface area contributed by atoms with Crippen LogP contribution in [0.3, 0.4) is 0 Å². The van der Waals surface area contributed by atoms with E-state index in [2.05, 4.69) is 13.2 Å². The third-order valence-electron chi connectivity index (χ3n) is 12.9. The molecule has 71 heavy (non-hydrogen) atoms. The number of carbonyl (C=O) groups excluding carboxylic acids is 4. The lowest BCUT2D eigenvalue weighted by atomic mass is 9.87. The normalized spacial score (nSPS) is 17.8. The van der Waals surface area contributed by atoms with Gasteiger partial charge in [-0.3, -0.25) is 9.59 Å². The number of hydrogen-bond donors (Lipinski definition) is 0. The van der Waals surface area contributed by atoms with Crippen LogP contribution in [0.5, 0.6) is 28.7 Å². The van der Waals surface area contributed by atoms with Crippen molar-refractivity contribution in [2.45, 2.75) is 115 Å². The van der Waals surface area contributed by atoms with Gasteiger partial charge in [-0.05, 0) is 167 Å². The van der Waals surface area contributed by atoms with E-state index in [1.165, 1.54) is 12.2 Å². The van der Waals surface area contributed by atoms with Gasteiger partial charge in [0, 0.05) is 37.9 Å². The molecular weight excluding hydrogens is 909 g/mol. The van der Waals surface area contributed by atoms with Gasteiger partial charge in [-0.25, -0.2) is 9.59 Å². The number of fused-ring (bicyclic) bond motifs is 3. The molecule has 14 heteroatoms. The number of esters is 4. The molecule has 2 saturated carbocycles. The van der Waals surface area contributed by atoms with Crippen LogP contribution in [0.25, 0.3) is 21.5 Å². The molecule has 2 aliphatic carbocycles. The molecule has 384 valence electrons. The highest BCUT2D eigenvalue weighted by Gasteiger charge is 2.30. The number of rotatable bonds is 31. The molecule has 4 aromatic carbocycles.